The molecule has 0 unspecified atom stereocenters. The monoisotopic (exact) mass is 303 g/mol. The van der Waals surface area contributed by atoms with E-state index in [9.17, 15) is 9.59 Å². The predicted molar refractivity (Wildman–Crippen MR) is 86.0 cm³/mol. The first kappa shape index (κ1) is 16.5. The smallest absolute Gasteiger partial charge is 0.225 e. The lowest BCUT2D eigenvalue weighted by Gasteiger charge is -2.27. The molecule has 2 heterocycles. The van der Waals surface area contributed by atoms with E-state index >= 15 is 0 Å². The van der Waals surface area contributed by atoms with Crippen molar-refractivity contribution in [3.63, 3.8) is 0 Å². The van der Waals surface area contributed by atoms with Crippen molar-refractivity contribution in [2.75, 3.05) is 13.1 Å². The summed E-state index contributed by atoms with van der Waals surface area (Å²) < 4.78 is 1.81. The number of nitrogens with zero attached hydrogens (tertiary/aromatic N) is 3. The van der Waals surface area contributed by atoms with Gasteiger partial charge in [0.1, 0.15) is 0 Å². The Morgan fingerprint density at radius 1 is 1.32 bits per heavy atom. The van der Waals surface area contributed by atoms with Gasteiger partial charge in [-0.15, -0.1) is 0 Å². The van der Waals surface area contributed by atoms with Gasteiger partial charge >= 0.3 is 0 Å². The molecule has 0 radical (unpaired) electrons. The highest BCUT2D eigenvalue weighted by atomic mass is 16.2. The Morgan fingerprint density at radius 2 is 2.00 bits per heavy atom. The van der Waals surface area contributed by atoms with Crippen LogP contribution in [0.5, 0.6) is 0 Å². The van der Waals surface area contributed by atoms with Crippen LogP contribution in [-0.4, -0.2) is 39.5 Å². The van der Waals surface area contributed by atoms with Gasteiger partial charge in [-0.3, -0.25) is 14.3 Å². The van der Waals surface area contributed by atoms with E-state index in [0.29, 0.717) is 18.5 Å². The molecule has 1 amide bonds. The van der Waals surface area contributed by atoms with Crippen LogP contribution in [0.3, 0.4) is 0 Å². The summed E-state index contributed by atoms with van der Waals surface area (Å²) in [6.45, 7) is 10.9. The van der Waals surface area contributed by atoms with Crippen molar-refractivity contribution in [1.82, 2.24) is 14.7 Å². The SMILES string of the molecule is CC(=O)c1c(C)nn([C@H](C)CC(=O)N2CC=C(C)CC2)c1C. The molecule has 22 heavy (non-hydrogen) atoms. The van der Waals surface area contributed by atoms with Gasteiger partial charge in [-0.1, -0.05) is 11.6 Å². The Labute approximate surface area is 132 Å². The van der Waals surface area contributed by atoms with Gasteiger partial charge in [0.25, 0.3) is 0 Å². The molecular formula is C17H25N3O2. The summed E-state index contributed by atoms with van der Waals surface area (Å²) in [5.41, 5.74) is 3.61. The number of amides is 1. The Balaban J connectivity index is 2.09. The van der Waals surface area contributed by atoms with E-state index < -0.39 is 0 Å². The van der Waals surface area contributed by atoms with E-state index in [4.69, 9.17) is 0 Å². The van der Waals surface area contributed by atoms with Crippen molar-refractivity contribution in [3.05, 3.63) is 28.6 Å². The Hall–Kier alpha value is -1.91. The van der Waals surface area contributed by atoms with Gasteiger partial charge in [0.15, 0.2) is 5.78 Å². The highest BCUT2D eigenvalue weighted by Crippen LogP contribution is 2.21. The van der Waals surface area contributed by atoms with Crippen LogP contribution in [0.1, 0.15) is 61.4 Å². The van der Waals surface area contributed by atoms with Crippen molar-refractivity contribution in [1.29, 1.82) is 0 Å². The van der Waals surface area contributed by atoms with Crippen molar-refractivity contribution in [2.45, 2.75) is 53.5 Å². The van der Waals surface area contributed by atoms with Gasteiger partial charge in [0.05, 0.1) is 17.3 Å². The van der Waals surface area contributed by atoms with Crippen LogP contribution in [0.25, 0.3) is 0 Å². The van der Waals surface area contributed by atoms with Crippen molar-refractivity contribution in [2.24, 2.45) is 0 Å². The molecule has 2 rings (SSSR count). The maximum absolute atomic E-state index is 12.4. The molecule has 0 N–H and O–H groups in total. The lowest BCUT2D eigenvalue weighted by atomic mass is 10.1. The maximum atomic E-state index is 12.4. The molecule has 0 aromatic carbocycles. The van der Waals surface area contributed by atoms with Crippen LogP contribution in [0.15, 0.2) is 11.6 Å². The fourth-order valence-electron chi connectivity index (χ4n) is 3.07. The largest absolute Gasteiger partial charge is 0.339 e. The minimum absolute atomic E-state index is 0.0245. The summed E-state index contributed by atoms with van der Waals surface area (Å²) in [6.07, 6.45) is 3.48. The third kappa shape index (κ3) is 3.29. The van der Waals surface area contributed by atoms with Gasteiger partial charge < -0.3 is 4.90 Å². The molecule has 1 aliphatic heterocycles. The zero-order valence-corrected chi connectivity index (χ0v) is 14.1. The first-order valence-corrected chi connectivity index (χ1v) is 7.81. The Kier molecular flexibility index (Phi) is 4.84. The average Bonchev–Trinajstić information content (AvgIpc) is 2.74. The summed E-state index contributed by atoms with van der Waals surface area (Å²) in [5.74, 6) is 0.171. The number of Topliss-reactive ketones (excluding diaryl/α,β-unsaturated/α-hetero) is 1. The second-order valence-corrected chi connectivity index (χ2v) is 6.24. The van der Waals surface area contributed by atoms with Gasteiger partial charge in [-0.05, 0) is 41.0 Å². The molecule has 0 saturated heterocycles. The Bertz CT molecular complexity index is 628. The molecule has 1 aromatic rings. The molecule has 0 saturated carbocycles. The number of aryl methyl sites for hydroxylation is 1. The normalized spacial score (nSPS) is 16.4. The summed E-state index contributed by atoms with van der Waals surface area (Å²) in [7, 11) is 0. The van der Waals surface area contributed by atoms with Crippen molar-refractivity contribution >= 4 is 11.7 Å². The summed E-state index contributed by atoms with van der Waals surface area (Å²) in [6, 6.07) is -0.0497. The fourth-order valence-corrected chi connectivity index (χ4v) is 3.07. The molecule has 0 aliphatic carbocycles. The molecule has 0 spiro atoms. The maximum Gasteiger partial charge on any atom is 0.225 e. The van der Waals surface area contributed by atoms with Crippen LogP contribution >= 0.6 is 0 Å². The first-order valence-electron chi connectivity index (χ1n) is 7.81. The highest BCUT2D eigenvalue weighted by molar-refractivity contribution is 5.96. The van der Waals surface area contributed by atoms with Crippen LogP contribution in [0.4, 0.5) is 0 Å². The van der Waals surface area contributed by atoms with Gasteiger partial charge in [-0.2, -0.15) is 5.10 Å². The minimum Gasteiger partial charge on any atom is -0.339 e. The molecule has 0 bridgehead atoms. The number of aromatic nitrogens is 2. The number of carbonyl (C=O) groups is 2. The van der Waals surface area contributed by atoms with Gasteiger partial charge in [0, 0.05) is 25.2 Å². The third-order valence-corrected chi connectivity index (χ3v) is 4.35. The lowest BCUT2D eigenvalue weighted by molar-refractivity contribution is -0.131. The van der Waals surface area contributed by atoms with Crippen LogP contribution in [0, 0.1) is 13.8 Å². The predicted octanol–water partition coefficient (Wildman–Crippen LogP) is 2.83. The van der Waals surface area contributed by atoms with Crippen LogP contribution in [0.2, 0.25) is 0 Å². The molecule has 1 aliphatic rings. The number of rotatable bonds is 4. The summed E-state index contributed by atoms with van der Waals surface area (Å²) in [5, 5.41) is 4.45. The summed E-state index contributed by atoms with van der Waals surface area (Å²) in [4.78, 5) is 26.0. The number of hydrogen-bond donors (Lipinski definition) is 0. The van der Waals surface area contributed by atoms with Crippen molar-refractivity contribution in [3.8, 4) is 0 Å². The molecular weight excluding hydrogens is 278 g/mol. The van der Waals surface area contributed by atoms with E-state index in [0.717, 1.165) is 24.4 Å². The van der Waals surface area contributed by atoms with Gasteiger partial charge in [-0.25, -0.2) is 0 Å². The van der Waals surface area contributed by atoms with E-state index in [1.807, 2.05) is 30.4 Å². The average molecular weight is 303 g/mol. The molecule has 0 fully saturated rings. The molecule has 120 valence electrons. The number of hydrogen-bond acceptors (Lipinski definition) is 3. The van der Waals surface area contributed by atoms with E-state index in [1.54, 1.807) is 6.92 Å². The molecule has 1 aromatic heterocycles. The van der Waals surface area contributed by atoms with Gasteiger partial charge in [0.2, 0.25) is 5.91 Å². The second-order valence-electron chi connectivity index (χ2n) is 6.24. The molecule has 5 heteroatoms. The zero-order chi connectivity index (χ0) is 16.4. The quantitative estimate of drug-likeness (QED) is 0.635. The standard InChI is InChI=1S/C17H25N3O2/c1-11-6-8-19(9-7-11)16(22)10-12(2)20-14(4)17(15(5)21)13(3)18-20/h6,12H,7-10H2,1-5H3/t12-/m1/s1. The minimum atomic E-state index is -0.0497. The van der Waals surface area contributed by atoms with Crippen molar-refractivity contribution < 1.29 is 9.59 Å². The lowest BCUT2D eigenvalue weighted by Crippen LogP contribution is -2.35. The fraction of sp³-hybridized carbons (Fsp3) is 0.588. The zero-order valence-electron chi connectivity index (χ0n) is 14.1. The third-order valence-electron chi connectivity index (χ3n) is 4.35. The second kappa shape index (κ2) is 6.46. The number of carbonyl (C=O) groups excluding carboxylic acids is 2. The molecule has 5 nitrogen and oxygen atoms in total. The topological polar surface area (TPSA) is 55.2 Å². The Morgan fingerprint density at radius 3 is 2.50 bits per heavy atom. The van der Waals surface area contributed by atoms with E-state index in [1.165, 1.54) is 5.57 Å². The highest BCUT2D eigenvalue weighted by Gasteiger charge is 2.23. The summed E-state index contributed by atoms with van der Waals surface area (Å²) >= 11 is 0. The first-order chi connectivity index (χ1) is 10.3. The van der Waals surface area contributed by atoms with Crippen LogP contribution < -0.4 is 0 Å². The molecule has 1 atom stereocenters. The number of ketones is 1. The van der Waals surface area contributed by atoms with E-state index in [-0.39, 0.29) is 17.7 Å². The van der Waals surface area contributed by atoms with E-state index in [2.05, 4.69) is 18.1 Å². The van der Waals surface area contributed by atoms with Crippen LogP contribution in [-0.2, 0) is 4.79 Å².